The Bertz CT molecular complexity index is 1410. The molecule has 4 heterocycles. The summed E-state index contributed by atoms with van der Waals surface area (Å²) in [6, 6.07) is 16.8. The third kappa shape index (κ3) is 4.23. The van der Waals surface area contributed by atoms with Crippen LogP contribution >= 0.6 is 0 Å². The number of nitrogens with zero attached hydrogens (tertiary/aromatic N) is 3. The monoisotopic (exact) mass is 569 g/mol. The lowest BCUT2D eigenvalue weighted by atomic mass is 9.74. The number of aliphatic hydroxyl groups excluding tert-OH is 1. The SMILES string of the molecule is CCCC(C)N1CC=C[C@]23O[C@]4(C)C=CCN(c5ccccc5)C(=O)[C@@H]4[C@H]2C(=O)N([C@H](CO)c2ccccc2)C3C1=O. The predicted molar refractivity (Wildman–Crippen MR) is 159 cm³/mol. The first-order valence-electron chi connectivity index (χ1n) is 15.0. The van der Waals surface area contributed by atoms with E-state index in [0.717, 1.165) is 24.1 Å². The molecule has 3 amide bonds. The Balaban J connectivity index is 1.52. The molecule has 4 aliphatic rings. The molecule has 0 aliphatic carbocycles. The van der Waals surface area contributed by atoms with E-state index in [9.17, 15) is 19.5 Å². The first-order chi connectivity index (χ1) is 20.3. The van der Waals surface area contributed by atoms with Crippen LogP contribution < -0.4 is 4.90 Å². The van der Waals surface area contributed by atoms with Crippen molar-refractivity contribution >= 4 is 23.4 Å². The van der Waals surface area contributed by atoms with Gasteiger partial charge in [0.15, 0.2) is 0 Å². The molecule has 1 N–H and O–H groups in total. The molecule has 220 valence electrons. The van der Waals surface area contributed by atoms with Crippen LogP contribution in [0.25, 0.3) is 0 Å². The Morgan fingerprint density at radius 3 is 2.24 bits per heavy atom. The number of rotatable bonds is 7. The maximum absolute atomic E-state index is 14.8. The highest BCUT2D eigenvalue weighted by Gasteiger charge is 2.75. The van der Waals surface area contributed by atoms with Gasteiger partial charge in [-0.25, -0.2) is 0 Å². The predicted octanol–water partition coefficient (Wildman–Crippen LogP) is 3.88. The molecule has 4 aliphatic heterocycles. The number of likely N-dealkylation sites (tertiary alicyclic amines) is 1. The minimum atomic E-state index is -1.38. The maximum atomic E-state index is 14.8. The van der Waals surface area contributed by atoms with E-state index < -0.39 is 35.1 Å². The zero-order valence-corrected chi connectivity index (χ0v) is 24.4. The van der Waals surface area contributed by atoms with Crippen molar-refractivity contribution in [2.75, 3.05) is 24.6 Å². The molecule has 8 nitrogen and oxygen atoms in total. The van der Waals surface area contributed by atoms with E-state index in [1.54, 1.807) is 4.90 Å². The van der Waals surface area contributed by atoms with Gasteiger partial charge in [-0.15, -0.1) is 0 Å². The number of fused-ring (bicyclic) bond motifs is 2. The molecule has 2 unspecified atom stereocenters. The standard InChI is InChI=1S/C34H39N3O5/c1-4-13-23(2)35-20-12-19-34-28(31(40)37(29(34)32(35)41)26(22-38)24-14-7-5-8-15-24)27-30(39)36(25-16-9-6-10-17-25)21-11-18-33(27,3)42-34/h5-12,14-19,23,26-29,38H,4,13,20-22H2,1-3H3/t23?,26-,27+,28+,29?,33-,34+/m1/s1. The van der Waals surface area contributed by atoms with E-state index in [1.807, 2.05) is 104 Å². The molecule has 0 radical (unpaired) electrons. The second-order valence-electron chi connectivity index (χ2n) is 12.1. The van der Waals surface area contributed by atoms with Crippen molar-refractivity contribution in [2.45, 2.75) is 62.9 Å². The van der Waals surface area contributed by atoms with Crippen LogP contribution in [0.15, 0.2) is 85.0 Å². The second kappa shape index (κ2) is 10.8. The lowest BCUT2D eigenvalue weighted by Gasteiger charge is -2.41. The van der Waals surface area contributed by atoms with E-state index in [4.69, 9.17) is 4.74 Å². The first-order valence-corrected chi connectivity index (χ1v) is 15.0. The van der Waals surface area contributed by atoms with Crippen molar-refractivity contribution in [3.05, 3.63) is 90.5 Å². The number of para-hydroxylation sites is 1. The molecular formula is C34H39N3O5. The van der Waals surface area contributed by atoms with Gasteiger partial charge in [-0.2, -0.15) is 0 Å². The fourth-order valence-electron chi connectivity index (χ4n) is 7.65. The highest BCUT2D eigenvalue weighted by molar-refractivity contribution is 6.04. The fourth-order valence-corrected chi connectivity index (χ4v) is 7.65. The van der Waals surface area contributed by atoms with Crippen molar-refractivity contribution in [1.29, 1.82) is 0 Å². The molecule has 0 aromatic heterocycles. The van der Waals surface area contributed by atoms with Gasteiger partial charge < -0.3 is 24.5 Å². The Morgan fingerprint density at radius 1 is 0.905 bits per heavy atom. The van der Waals surface area contributed by atoms with Crippen molar-refractivity contribution in [3.63, 3.8) is 0 Å². The molecule has 2 fully saturated rings. The smallest absolute Gasteiger partial charge is 0.249 e. The normalized spacial score (nSPS) is 31.9. The van der Waals surface area contributed by atoms with Crippen LogP contribution in [0.4, 0.5) is 5.69 Å². The third-order valence-electron chi connectivity index (χ3n) is 9.53. The van der Waals surface area contributed by atoms with Gasteiger partial charge in [-0.3, -0.25) is 14.4 Å². The first kappa shape index (κ1) is 28.4. The van der Waals surface area contributed by atoms with Crippen LogP contribution in [0.5, 0.6) is 0 Å². The summed E-state index contributed by atoms with van der Waals surface area (Å²) in [5.74, 6) is -2.61. The lowest BCUT2D eigenvalue weighted by Crippen LogP contribution is -2.58. The highest BCUT2D eigenvalue weighted by atomic mass is 16.5. The maximum Gasteiger partial charge on any atom is 0.249 e. The topological polar surface area (TPSA) is 90.4 Å². The minimum Gasteiger partial charge on any atom is -0.394 e. The number of carbonyl (C=O) groups is 3. The van der Waals surface area contributed by atoms with Crippen molar-refractivity contribution in [2.24, 2.45) is 11.8 Å². The van der Waals surface area contributed by atoms with E-state index in [0.29, 0.717) is 13.1 Å². The molecule has 1 spiro atoms. The van der Waals surface area contributed by atoms with Gasteiger partial charge in [-0.1, -0.05) is 86.2 Å². The zero-order valence-electron chi connectivity index (χ0n) is 24.4. The molecular weight excluding hydrogens is 530 g/mol. The summed E-state index contributed by atoms with van der Waals surface area (Å²) in [4.78, 5) is 49.0. The Labute approximate surface area is 247 Å². The van der Waals surface area contributed by atoms with Crippen LogP contribution in [0.2, 0.25) is 0 Å². The van der Waals surface area contributed by atoms with E-state index in [-0.39, 0.29) is 30.4 Å². The molecule has 42 heavy (non-hydrogen) atoms. The van der Waals surface area contributed by atoms with Crippen LogP contribution in [-0.2, 0) is 19.1 Å². The van der Waals surface area contributed by atoms with Crippen molar-refractivity contribution in [1.82, 2.24) is 9.80 Å². The van der Waals surface area contributed by atoms with Crippen molar-refractivity contribution < 1.29 is 24.2 Å². The Hall–Kier alpha value is -3.75. The van der Waals surface area contributed by atoms with Gasteiger partial charge >= 0.3 is 0 Å². The number of hydrogen-bond acceptors (Lipinski definition) is 5. The molecule has 0 saturated carbocycles. The number of ether oxygens (including phenoxy) is 1. The van der Waals surface area contributed by atoms with Crippen LogP contribution in [-0.4, -0.2) is 75.6 Å². The van der Waals surface area contributed by atoms with Gasteiger partial charge in [0.05, 0.1) is 30.1 Å². The summed E-state index contributed by atoms with van der Waals surface area (Å²) in [7, 11) is 0. The molecule has 2 aromatic rings. The van der Waals surface area contributed by atoms with Crippen LogP contribution in [0, 0.1) is 11.8 Å². The summed E-state index contributed by atoms with van der Waals surface area (Å²) in [6.45, 7) is 6.32. The Kier molecular flexibility index (Phi) is 7.31. The summed E-state index contributed by atoms with van der Waals surface area (Å²) >= 11 is 0. The minimum absolute atomic E-state index is 0.0554. The van der Waals surface area contributed by atoms with Gasteiger partial charge in [0.1, 0.15) is 11.6 Å². The second-order valence-corrected chi connectivity index (χ2v) is 12.1. The Morgan fingerprint density at radius 2 is 1.57 bits per heavy atom. The van der Waals surface area contributed by atoms with Crippen LogP contribution in [0.1, 0.15) is 45.2 Å². The molecule has 8 heteroatoms. The number of aliphatic hydroxyl groups is 1. The molecule has 2 aromatic carbocycles. The zero-order chi connectivity index (χ0) is 29.6. The number of anilines is 1. The summed E-state index contributed by atoms with van der Waals surface area (Å²) in [5.41, 5.74) is -1.03. The number of amides is 3. The molecule has 7 atom stereocenters. The van der Waals surface area contributed by atoms with Gasteiger partial charge in [0.2, 0.25) is 17.7 Å². The average molecular weight is 570 g/mol. The number of hydrogen-bond donors (Lipinski definition) is 1. The summed E-state index contributed by atoms with van der Waals surface area (Å²) in [5, 5.41) is 10.7. The lowest BCUT2D eigenvalue weighted by molar-refractivity contribution is -0.155. The number of carbonyl (C=O) groups excluding carboxylic acids is 3. The fraction of sp³-hybridized carbons (Fsp3) is 0.441. The summed E-state index contributed by atoms with van der Waals surface area (Å²) < 4.78 is 6.96. The van der Waals surface area contributed by atoms with E-state index >= 15 is 0 Å². The third-order valence-corrected chi connectivity index (χ3v) is 9.53. The van der Waals surface area contributed by atoms with E-state index in [1.165, 1.54) is 4.90 Å². The van der Waals surface area contributed by atoms with Crippen LogP contribution in [0.3, 0.4) is 0 Å². The van der Waals surface area contributed by atoms with Crippen molar-refractivity contribution in [3.8, 4) is 0 Å². The summed E-state index contributed by atoms with van der Waals surface area (Å²) in [6.07, 6.45) is 9.31. The highest BCUT2D eigenvalue weighted by Crippen LogP contribution is 2.59. The quantitative estimate of drug-likeness (QED) is 0.512. The van der Waals surface area contributed by atoms with E-state index in [2.05, 4.69) is 6.92 Å². The van der Waals surface area contributed by atoms with Gasteiger partial charge in [0.25, 0.3) is 0 Å². The van der Waals surface area contributed by atoms with Gasteiger partial charge in [-0.05, 0) is 38.0 Å². The largest absolute Gasteiger partial charge is 0.394 e. The average Bonchev–Trinajstić information content (AvgIpc) is 3.26. The molecule has 6 rings (SSSR count). The molecule has 2 saturated heterocycles. The van der Waals surface area contributed by atoms with Gasteiger partial charge in [0, 0.05) is 24.8 Å². The molecule has 0 bridgehead atoms. The number of benzene rings is 2.